The molecule has 0 unspecified atom stereocenters. The van der Waals surface area contributed by atoms with Crippen LogP contribution in [0.15, 0.2) is 28.8 Å². The minimum atomic E-state index is -4.56. The predicted octanol–water partition coefficient (Wildman–Crippen LogP) is 2.39. The average molecular weight is 327 g/mol. The molecule has 9 heteroatoms. The smallest absolute Gasteiger partial charge is 0.361 e. The van der Waals surface area contributed by atoms with Crippen molar-refractivity contribution >= 4 is 11.8 Å². The van der Waals surface area contributed by atoms with Gasteiger partial charge in [0.15, 0.2) is 0 Å². The second-order valence-electron chi connectivity index (χ2n) is 4.69. The number of nitrogens with zero attached hydrogens (tertiary/aromatic N) is 1. The number of aryl methyl sites for hydroxylation is 2. The summed E-state index contributed by atoms with van der Waals surface area (Å²) in [6, 6.07) is 3.84. The molecule has 0 bridgehead atoms. The molecular formula is C14H12F3N3O3. The predicted molar refractivity (Wildman–Crippen MR) is 72.4 cm³/mol. The topological polar surface area (TPSA) is 84.2 Å². The summed E-state index contributed by atoms with van der Waals surface area (Å²) in [6.07, 6.45) is -4.56. The third kappa shape index (κ3) is 3.68. The van der Waals surface area contributed by atoms with Crippen molar-refractivity contribution in [3.63, 3.8) is 0 Å². The van der Waals surface area contributed by atoms with E-state index in [0.717, 1.165) is 12.1 Å². The molecule has 0 saturated heterocycles. The fourth-order valence-corrected chi connectivity index (χ4v) is 1.89. The first-order chi connectivity index (χ1) is 10.7. The Morgan fingerprint density at radius 1 is 1.13 bits per heavy atom. The largest absolute Gasteiger partial charge is 0.416 e. The first-order valence-electron chi connectivity index (χ1n) is 6.41. The highest BCUT2D eigenvalue weighted by Crippen LogP contribution is 2.29. The average Bonchev–Trinajstić information content (AvgIpc) is 2.83. The summed E-state index contributed by atoms with van der Waals surface area (Å²) in [7, 11) is 0. The molecule has 0 aliphatic heterocycles. The normalized spacial score (nSPS) is 11.2. The Labute approximate surface area is 128 Å². The molecule has 23 heavy (non-hydrogen) atoms. The first-order valence-corrected chi connectivity index (χ1v) is 6.41. The summed E-state index contributed by atoms with van der Waals surface area (Å²) in [4.78, 5) is 23.7. The van der Waals surface area contributed by atoms with Gasteiger partial charge in [-0.1, -0.05) is 11.2 Å². The number of hydrogen-bond donors (Lipinski definition) is 2. The lowest BCUT2D eigenvalue weighted by atomic mass is 10.1. The molecule has 0 atom stereocenters. The van der Waals surface area contributed by atoms with Crippen LogP contribution in [0.4, 0.5) is 13.2 Å². The molecule has 2 amide bonds. The van der Waals surface area contributed by atoms with Crippen molar-refractivity contribution in [1.29, 1.82) is 0 Å². The number of carbonyl (C=O) groups is 2. The fourth-order valence-electron chi connectivity index (χ4n) is 1.89. The number of benzene rings is 1. The maximum Gasteiger partial charge on any atom is 0.416 e. The number of hydrazine groups is 1. The quantitative estimate of drug-likeness (QED) is 0.830. The van der Waals surface area contributed by atoms with Crippen molar-refractivity contribution in [1.82, 2.24) is 16.0 Å². The summed E-state index contributed by atoms with van der Waals surface area (Å²) in [5, 5.41) is 3.59. The molecule has 0 aliphatic rings. The van der Waals surface area contributed by atoms with E-state index in [1.807, 2.05) is 5.43 Å². The lowest BCUT2D eigenvalue weighted by Gasteiger charge is -2.10. The van der Waals surface area contributed by atoms with Gasteiger partial charge in [-0.2, -0.15) is 13.2 Å². The monoisotopic (exact) mass is 327 g/mol. The molecule has 2 N–H and O–H groups in total. The standard InChI is InChI=1S/C14H12F3N3O3/c1-7-11(8(2)23-20-7)13(22)19-18-12(21)9-4-3-5-10(6-9)14(15,16)17/h3-6H,1-2H3,(H,18,21)(H,19,22). The van der Waals surface area contributed by atoms with Gasteiger partial charge >= 0.3 is 6.18 Å². The molecule has 1 aromatic heterocycles. The maximum absolute atomic E-state index is 12.6. The zero-order chi connectivity index (χ0) is 17.2. The Hall–Kier alpha value is -2.84. The van der Waals surface area contributed by atoms with Gasteiger partial charge in [0.1, 0.15) is 11.3 Å². The van der Waals surface area contributed by atoms with Gasteiger partial charge < -0.3 is 4.52 Å². The van der Waals surface area contributed by atoms with Crippen LogP contribution in [0, 0.1) is 13.8 Å². The molecule has 1 heterocycles. The third-order valence-electron chi connectivity index (χ3n) is 3.00. The SMILES string of the molecule is Cc1noc(C)c1C(=O)NNC(=O)c1cccc(C(F)(F)F)c1. The molecule has 2 aromatic rings. The van der Waals surface area contributed by atoms with Crippen LogP contribution in [0.1, 0.15) is 37.7 Å². The summed E-state index contributed by atoms with van der Waals surface area (Å²) in [5.41, 5.74) is 3.43. The van der Waals surface area contributed by atoms with Crippen molar-refractivity contribution in [3.05, 3.63) is 52.4 Å². The van der Waals surface area contributed by atoms with E-state index in [9.17, 15) is 22.8 Å². The molecule has 6 nitrogen and oxygen atoms in total. The minimum Gasteiger partial charge on any atom is -0.361 e. The van der Waals surface area contributed by atoms with E-state index in [1.165, 1.54) is 13.0 Å². The highest BCUT2D eigenvalue weighted by Gasteiger charge is 2.31. The van der Waals surface area contributed by atoms with Crippen molar-refractivity contribution in [2.45, 2.75) is 20.0 Å². The second kappa shape index (κ2) is 6.11. The van der Waals surface area contributed by atoms with Gasteiger partial charge in [0.05, 0.1) is 11.3 Å². The number of rotatable bonds is 2. The van der Waals surface area contributed by atoms with Crippen molar-refractivity contribution < 1.29 is 27.3 Å². The van der Waals surface area contributed by atoms with Crippen LogP contribution in [0.5, 0.6) is 0 Å². The summed E-state index contributed by atoms with van der Waals surface area (Å²) < 4.78 is 42.6. The van der Waals surface area contributed by atoms with Gasteiger partial charge in [0, 0.05) is 5.56 Å². The van der Waals surface area contributed by atoms with Crippen LogP contribution in [0.25, 0.3) is 0 Å². The van der Waals surface area contributed by atoms with Crippen LogP contribution >= 0.6 is 0 Å². The number of hydrogen-bond acceptors (Lipinski definition) is 4. The molecule has 122 valence electrons. The van der Waals surface area contributed by atoms with E-state index >= 15 is 0 Å². The molecule has 1 aromatic carbocycles. The van der Waals surface area contributed by atoms with Crippen molar-refractivity contribution in [3.8, 4) is 0 Å². The molecular weight excluding hydrogens is 315 g/mol. The van der Waals surface area contributed by atoms with E-state index in [-0.39, 0.29) is 16.9 Å². The van der Waals surface area contributed by atoms with E-state index in [4.69, 9.17) is 4.52 Å². The summed E-state index contributed by atoms with van der Waals surface area (Å²) >= 11 is 0. The molecule has 0 saturated carbocycles. The van der Waals surface area contributed by atoms with Gasteiger partial charge in [-0.25, -0.2) is 0 Å². The zero-order valence-corrected chi connectivity index (χ0v) is 12.1. The maximum atomic E-state index is 12.6. The highest BCUT2D eigenvalue weighted by molar-refractivity contribution is 6.00. The fraction of sp³-hybridized carbons (Fsp3) is 0.214. The summed E-state index contributed by atoms with van der Waals surface area (Å²) in [5.74, 6) is -1.30. The van der Waals surface area contributed by atoms with E-state index in [0.29, 0.717) is 11.8 Å². The van der Waals surface area contributed by atoms with Crippen molar-refractivity contribution in [2.24, 2.45) is 0 Å². The Balaban J connectivity index is 2.07. The Bertz CT molecular complexity index is 734. The Morgan fingerprint density at radius 3 is 2.35 bits per heavy atom. The second-order valence-corrected chi connectivity index (χ2v) is 4.69. The van der Waals surface area contributed by atoms with Crippen LogP contribution in [0.2, 0.25) is 0 Å². The zero-order valence-electron chi connectivity index (χ0n) is 12.1. The van der Waals surface area contributed by atoms with Crippen LogP contribution < -0.4 is 10.9 Å². The lowest BCUT2D eigenvalue weighted by Crippen LogP contribution is -2.42. The first kappa shape index (κ1) is 16.5. The van der Waals surface area contributed by atoms with E-state index < -0.39 is 23.6 Å². The van der Waals surface area contributed by atoms with Crippen LogP contribution in [0.3, 0.4) is 0 Å². The number of nitrogens with one attached hydrogen (secondary N) is 2. The third-order valence-corrected chi connectivity index (χ3v) is 3.00. The number of alkyl halides is 3. The summed E-state index contributed by atoms with van der Waals surface area (Å²) in [6.45, 7) is 3.06. The van der Waals surface area contributed by atoms with Gasteiger partial charge in [-0.05, 0) is 32.0 Å². The minimum absolute atomic E-state index is 0.148. The van der Waals surface area contributed by atoms with E-state index in [2.05, 4.69) is 10.6 Å². The van der Waals surface area contributed by atoms with Gasteiger partial charge in [0.25, 0.3) is 11.8 Å². The number of carbonyl (C=O) groups excluding carboxylic acids is 2. The Kier molecular flexibility index (Phi) is 4.39. The van der Waals surface area contributed by atoms with Crippen LogP contribution in [-0.2, 0) is 6.18 Å². The Morgan fingerprint density at radius 2 is 1.78 bits per heavy atom. The van der Waals surface area contributed by atoms with E-state index in [1.54, 1.807) is 6.92 Å². The molecule has 2 rings (SSSR count). The molecule has 0 spiro atoms. The molecule has 0 radical (unpaired) electrons. The lowest BCUT2D eigenvalue weighted by molar-refractivity contribution is -0.137. The molecule has 0 aliphatic carbocycles. The number of aromatic nitrogens is 1. The molecule has 0 fully saturated rings. The highest BCUT2D eigenvalue weighted by atomic mass is 19.4. The van der Waals surface area contributed by atoms with Gasteiger partial charge in [0.2, 0.25) is 0 Å². The number of amides is 2. The van der Waals surface area contributed by atoms with Gasteiger partial charge in [-0.3, -0.25) is 20.4 Å². The van der Waals surface area contributed by atoms with Crippen LogP contribution in [-0.4, -0.2) is 17.0 Å². The number of halogens is 3. The van der Waals surface area contributed by atoms with Crippen molar-refractivity contribution in [2.75, 3.05) is 0 Å². The van der Waals surface area contributed by atoms with Gasteiger partial charge in [-0.15, -0.1) is 0 Å².